The van der Waals surface area contributed by atoms with Gasteiger partial charge in [0.25, 0.3) is 0 Å². The molecule has 0 radical (unpaired) electrons. The van der Waals surface area contributed by atoms with Crippen molar-refractivity contribution in [3.05, 3.63) is 35.9 Å². The molecule has 1 aliphatic rings. The first-order chi connectivity index (χ1) is 8.18. The lowest BCUT2D eigenvalue weighted by Crippen LogP contribution is -2.24. The fraction of sp³-hybridized carbons (Fsp3) is 0.500. The van der Waals surface area contributed by atoms with Gasteiger partial charge in [-0.1, -0.05) is 31.6 Å². The Morgan fingerprint density at radius 2 is 1.76 bits per heavy atom. The van der Waals surface area contributed by atoms with Crippen molar-refractivity contribution in [3.8, 4) is 0 Å². The number of rotatable bonds is 2. The van der Waals surface area contributed by atoms with Gasteiger partial charge in [-0.25, -0.2) is 0 Å². The molecule has 0 unspecified atom stereocenters. The highest BCUT2D eigenvalue weighted by molar-refractivity contribution is 5.75. The van der Waals surface area contributed by atoms with Crippen LogP contribution in [0.4, 0.5) is 5.69 Å². The van der Waals surface area contributed by atoms with Crippen LogP contribution in [0.25, 0.3) is 5.57 Å². The van der Waals surface area contributed by atoms with Crippen molar-refractivity contribution in [1.29, 1.82) is 0 Å². The second kappa shape index (κ2) is 5.39. The number of allylic oxidation sites excluding steroid dienone is 1. The average molecular weight is 229 g/mol. The van der Waals surface area contributed by atoms with Crippen molar-refractivity contribution < 1.29 is 0 Å². The standard InChI is InChI=1S/C16H23N/c1-13(2)15-9-8-14(3)12-16(15)17-10-6-4-5-7-11-17/h8-9,12H,1,4-7,10-11H2,2-3H3. The molecule has 0 amide bonds. The Kier molecular flexibility index (Phi) is 3.88. The topological polar surface area (TPSA) is 3.24 Å². The summed E-state index contributed by atoms with van der Waals surface area (Å²) in [6.07, 6.45) is 5.41. The molecule has 0 bridgehead atoms. The van der Waals surface area contributed by atoms with E-state index >= 15 is 0 Å². The molecule has 1 aromatic rings. The maximum Gasteiger partial charge on any atom is 0.0444 e. The molecular formula is C16H23N. The molecule has 0 atom stereocenters. The van der Waals surface area contributed by atoms with Gasteiger partial charge in [0.2, 0.25) is 0 Å². The summed E-state index contributed by atoms with van der Waals surface area (Å²) < 4.78 is 0. The Labute approximate surface area is 105 Å². The Morgan fingerprint density at radius 1 is 1.12 bits per heavy atom. The second-order valence-corrected chi connectivity index (χ2v) is 5.20. The van der Waals surface area contributed by atoms with Gasteiger partial charge in [-0.2, -0.15) is 0 Å². The summed E-state index contributed by atoms with van der Waals surface area (Å²) >= 11 is 0. The van der Waals surface area contributed by atoms with Gasteiger partial charge in [-0.3, -0.25) is 0 Å². The monoisotopic (exact) mass is 229 g/mol. The highest BCUT2D eigenvalue weighted by Gasteiger charge is 2.13. The van der Waals surface area contributed by atoms with E-state index in [-0.39, 0.29) is 0 Å². The smallest absolute Gasteiger partial charge is 0.0444 e. The van der Waals surface area contributed by atoms with E-state index in [4.69, 9.17) is 0 Å². The fourth-order valence-electron chi connectivity index (χ4n) is 2.58. The highest BCUT2D eigenvalue weighted by Crippen LogP contribution is 2.29. The van der Waals surface area contributed by atoms with E-state index in [0.29, 0.717) is 0 Å². The van der Waals surface area contributed by atoms with Gasteiger partial charge in [0, 0.05) is 24.3 Å². The van der Waals surface area contributed by atoms with E-state index in [9.17, 15) is 0 Å². The van der Waals surface area contributed by atoms with Gasteiger partial charge in [-0.05, 0) is 43.9 Å². The Hall–Kier alpha value is -1.24. The molecule has 1 aliphatic heterocycles. The van der Waals surface area contributed by atoms with Crippen LogP contribution in [0.3, 0.4) is 0 Å². The number of hydrogen-bond donors (Lipinski definition) is 0. The van der Waals surface area contributed by atoms with Crippen LogP contribution in [0.2, 0.25) is 0 Å². The first-order valence-electron chi connectivity index (χ1n) is 6.70. The minimum absolute atomic E-state index is 1.17. The minimum Gasteiger partial charge on any atom is -0.371 e. The van der Waals surface area contributed by atoms with Crippen LogP contribution in [0.15, 0.2) is 24.8 Å². The first-order valence-corrected chi connectivity index (χ1v) is 6.70. The number of hydrogen-bond acceptors (Lipinski definition) is 1. The third-order valence-corrected chi connectivity index (χ3v) is 3.56. The lowest BCUT2D eigenvalue weighted by Gasteiger charge is -2.26. The summed E-state index contributed by atoms with van der Waals surface area (Å²) in [6, 6.07) is 6.72. The molecule has 0 saturated carbocycles. The quantitative estimate of drug-likeness (QED) is 0.726. The summed E-state index contributed by atoms with van der Waals surface area (Å²) in [5, 5.41) is 0. The van der Waals surface area contributed by atoms with Crippen LogP contribution < -0.4 is 4.90 Å². The molecule has 0 aromatic heterocycles. The van der Waals surface area contributed by atoms with Gasteiger partial charge in [-0.15, -0.1) is 0 Å². The summed E-state index contributed by atoms with van der Waals surface area (Å²) in [6.45, 7) is 10.8. The number of benzene rings is 1. The van der Waals surface area contributed by atoms with Gasteiger partial charge in [0.1, 0.15) is 0 Å². The second-order valence-electron chi connectivity index (χ2n) is 5.20. The summed E-state index contributed by atoms with van der Waals surface area (Å²) in [5.74, 6) is 0. The first kappa shape index (κ1) is 12.2. The molecule has 0 aliphatic carbocycles. The predicted octanol–water partition coefficient (Wildman–Crippen LogP) is 4.41. The Bertz CT molecular complexity index is 398. The van der Waals surface area contributed by atoms with Crippen LogP contribution in [0.5, 0.6) is 0 Å². The maximum atomic E-state index is 4.11. The zero-order valence-corrected chi connectivity index (χ0v) is 11.1. The van der Waals surface area contributed by atoms with Crippen molar-refractivity contribution in [3.63, 3.8) is 0 Å². The molecule has 1 nitrogen and oxygen atoms in total. The lowest BCUT2D eigenvalue weighted by atomic mass is 10.0. The zero-order valence-electron chi connectivity index (χ0n) is 11.1. The van der Waals surface area contributed by atoms with Gasteiger partial charge in [0.05, 0.1) is 0 Å². The van der Waals surface area contributed by atoms with Crippen LogP contribution in [-0.2, 0) is 0 Å². The van der Waals surface area contributed by atoms with Gasteiger partial charge in [0.15, 0.2) is 0 Å². The molecule has 0 N–H and O–H groups in total. The van der Waals surface area contributed by atoms with Gasteiger partial charge >= 0.3 is 0 Å². The Morgan fingerprint density at radius 3 is 2.35 bits per heavy atom. The maximum absolute atomic E-state index is 4.11. The molecular weight excluding hydrogens is 206 g/mol. The molecule has 0 spiro atoms. The molecule has 17 heavy (non-hydrogen) atoms. The number of aryl methyl sites for hydroxylation is 1. The third kappa shape index (κ3) is 2.91. The SMILES string of the molecule is C=C(C)c1ccc(C)cc1N1CCCCCC1. The average Bonchev–Trinajstić information content (AvgIpc) is 2.56. The van der Waals surface area contributed by atoms with Crippen molar-refractivity contribution in [1.82, 2.24) is 0 Å². The van der Waals surface area contributed by atoms with E-state index in [2.05, 4.69) is 43.5 Å². The van der Waals surface area contributed by atoms with Crippen LogP contribution in [-0.4, -0.2) is 13.1 Å². The Balaban J connectivity index is 2.34. The van der Waals surface area contributed by atoms with E-state index in [1.54, 1.807) is 0 Å². The van der Waals surface area contributed by atoms with Crippen LogP contribution >= 0.6 is 0 Å². The largest absolute Gasteiger partial charge is 0.371 e. The molecule has 1 heterocycles. The molecule has 2 rings (SSSR count). The van der Waals surface area contributed by atoms with Crippen molar-refractivity contribution in [2.75, 3.05) is 18.0 Å². The van der Waals surface area contributed by atoms with E-state index < -0.39 is 0 Å². The van der Waals surface area contributed by atoms with Crippen LogP contribution in [0, 0.1) is 6.92 Å². The summed E-state index contributed by atoms with van der Waals surface area (Å²) in [7, 11) is 0. The number of nitrogens with zero attached hydrogens (tertiary/aromatic N) is 1. The summed E-state index contributed by atoms with van der Waals surface area (Å²) in [5.41, 5.74) is 5.22. The molecule has 1 saturated heterocycles. The number of anilines is 1. The normalized spacial score (nSPS) is 16.7. The lowest BCUT2D eigenvalue weighted by molar-refractivity contribution is 0.726. The predicted molar refractivity (Wildman–Crippen MR) is 76.6 cm³/mol. The fourth-order valence-corrected chi connectivity index (χ4v) is 2.58. The molecule has 1 heteroatoms. The molecule has 1 fully saturated rings. The van der Waals surface area contributed by atoms with Crippen molar-refractivity contribution >= 4 is 11.3 Å². The minimum atomic E-state index is 1.17. The molecule has 92 valence electrons. The van der Waals surface area contributed by atoms with Gasteiger partial charge < -0.3 is 4.90 Å². The third-order valence-electron chi connectivity index (χ3n) is 3.56. The van der Waals surface area contributed by atoms with E-state index in [1.807, 2.05) is 0 Å². The highest BCUT2D eigenvalue weighted by atomic mass is 15.1. The van der Waals surface area contributed by atoms with E-state index in [1.165, 1.54) is 61.2 Å². The zero-order chi connectivity index (χ0) is 12.3. The summed E-state index contributed by atoms with van der Waals surface area (Å²) in [4.78, 5) is 2.55. The molecule has 1 aromatic carbocycles. The van der Waals surface area contributed by atoms with Crippen molar-refractivity contribution in [2.45, 2.75) is 39.5 Å². The van der Waals surface area contributed by atoms with Crippen molar-refractivity contribution in [2.24, 2.45) is 0 Å². The van der Waals surface area contributed by atoms with Crippen LogP contribution in [0.1, 0.15) is 43.7 Å². The van der Waals surface area contributed by atoms with E-state index in [0.717, 1.165) is 0 Å².